The standard InChI is InChI=1S/C25H29BrN4O5S/c1-3-23(32)30-12-10-17-13-19(26)14-22(24(17)30)36(34,35)29-11-4-5-18(15-29)25(33)28-21-8-6-20(7-9-21)27-16(2)31/h6-9,13-14,18H,3-5,10-12,15H2,1-2H3,(H,27,31)(H,28,33). The van der Waals surface area contributed by atoms with E-state index in [2.05, 4.69) is 26.6 Å². The van der Waals surface area contributed by atoms with E-state index < -0.39 is 15.9 Å². The minimum absolute atomic E-state index is 0.0567. The van der Waals surface area contributed by atoms with Crippen LogP contribution in [0.5, 0.6) is 0 Å². The molecule has 11 heteroatoms. The minimum atomic E-state index is -3.95. The largest absolute Gasteiger partial charge is 0.326 e. The van der Waals surface area contributed by atoms with E-state index in [4.69, 9.17) is 0 Å². The summed E-state index contributed by atoms with van der Waals surface area (Å²) in [5.41, 5.74) is 2.45. The van der Waals surface area contributed by atoms with E-state index >= 15 is 0 Å². The van der Waals surface area contributed by atoms with Crippen molar-refractivity contribution in [2.24, 2.45) is 5.92 Å². The molecule has 2 aliphatic rings. The van der Waals surface area contributed by atoms with Crippen LogP contribution in [0.15, 0.2) is 45.8 Å². The molecule has 2 heterocycles. The molecule has 9 nitrogen and oxygen atoms in total. The number of piperidine rings is 1. The van der Waals surface area contributed by atoms with Crippen LogP contribution in [0.3, 0.4) is 0 Å². The first-order valence-corrected chi connectivity index (χ1v) is 14.1. The number of hydrogen-bond acceptors (Lipinski definition) is 5. The molecular formula is C25H29BrN4O5S. The molecule has 1 atom stereocenters. The summed E-state index contributed by atoms with van der Waals surface area (Å²) in [4.78, 5) is 38.4. The Morgan fingerprint density at radius 1 is 1.06 bits per heavy atom. The third-order valence-corrected chi connectivity index (χ3v) is 8.78. The summed E-state index contributed by atoms with van der Waals surface area (Å²) >= 11 is 3.42. The zero-order valence-corrected chi connectivity index (χ0v) is 22.6. The van der Waals surface area contributed by atoms with Crippen LogP contribution in [-0.4, -0.2) is 50.1 Å². The molecule has 3 amide bonds. The molecule has 0 spiro atoms. The molecule has 2 aromatic carbocycles. The predicted molar refractivity (Wildman–Crippen MR) is 141 cm³/mol. The molecule has 0 aromatic heterocycles. The summed E-state index contributed by atoms with van der Waals surface area (Å²) in [6, 6.07) is 10.2. The highest BCUT2D eigenvalue weighted by molar-refractivity contribution is 9.10. The molecule has 0 radical (unpaired) electrons. The lowest BCUT2D eigenvalue weighted by atomic mass is 9.98. The van der Waals surface area contributed by atoms with Gasteiger partial charge in [0.1, 0.15) is 4.90 Å². The average molecular weight is 578 g/mol. The number of carbonyl (C=O) groups is 3. The number of amides is 3. The van der Waals surface area contributed by atoms with Crippen molar-refractivity contribution in [3.05, 3.63) is 46.4 Å². The van der Waals surface area contributed by atoms with Crippen molar-refractivity contribution in [2.75, 3.05) is 35.2 Å². The Balaban J connectivity index is 1.53. The summed E-state index contributed by atoms with van der Waals surface area (Å²) in [7, 11) is -3.95. The van der Waals surface area contributed by atoms with Crippen LogP contribution in [0.4, 0.5) is 17.1 Å². The third kappa shape index (κ3) is 5.47. The van der Waals surface area contributed by atoms with Crippen molar-refractivity contribution in [2.45, 2.75) is 44.4 Å². The first-order chi connectivity index (χ1) is 17.1. The Bertz CT molecular complexity index is 1300. The van der Waals surface area contributed by atoms with E-state index in [0.29, 0.717) is 53.9 Å². The van der Waals surface area contributed by atoms with Gasteiger partial charge in [0.05, 0.1) is 11.6 Å². The number of nitrogens with zero attached hydrogens (tertiary/aromatic N) is 2. The van der Waals surface area contributed by atoms with Crippen LogP contribution in [-0.2, 0) is 30.8 Å². The summed E-state index contributed by atoms with van der Waals surface area (Å²) in [6.07, 6.45) is 1.99. The predicted octanol–water partition coefficient (Wildman–Crippen LogP) is 3.75. The van der Waals surface area contributed by atoms with Gasteiger partial charge in [0.25, 0.3) is 0 Å². The number of halogens is 1. The van der Waals surface area contributed by atoms with Crippen LogP contribution < -0.4 is 15.5 Å². The summed E-state index contributed by atoms with van der Waals surface area (Å²) < 4.78 is 29.6. The lowest BCUT2D eigenvalue weighted by Crippen LogP contribution is -2.44. The van der Waals surface area contributed by atoms with Gasteiger partial charge >= 0.3 is 0 Å². The minimum Gasteiger partial charge on any atom is -0.326 e. The lowest BCUT2D eigenvalue weighted by Gasteiger charge is -2.32. The van der Waals surface area contributed by atoms with Gasteiger partial charge in [-0.1, -0.05) is 22.9 Å². The number of sulfonamides is 1. The van der Waals surface area contributed by atoms with Gasteiger partial charge in [-0.15, -0.1) is 0 Å². The molecule has 2 N–H and O–H groups in total. The number of nitrogens with one attached hydrogen (secondary N) is 2. The van der Waals surface area contributed by atoms with Crippen molar-refractivity contribution in [3.8, 4) is 0 Å². The van der Waals surface area contributed by atoms with E-state index in [1.165, 1.54) is 11.2 Å². The molecule has 0 aliphatic carbocycles. The highest BCUT2D eigenvalue weighted by atomic mass is 79.9. The summed E-state index contributed by atoms with van der Waals surface area (Å²) in [5.74, 6) is -1.08. The number of hydrogen-bond donors (Lipinski definition) is 2. The van der Waals surface area contributed by atoms with Gasteiger partial charge in [-0.3, -0.25) is 14.4 Å². The Labute approximate surface area is 219 Å². The van der Waals surface area contributed by atoms with Gasteiger partial charge in [-0.25, -0.2) is 8.42 Å². The molecule has 1 fully saturated rings. The monoisotopic (exact) mass is 576 g/mol. The average Bonchev–Trinajstić information content (AvgIpc) is 3.27. The second-order valence-electron chi connectivity index (χ2n) is 9.01. The smallest absolute Gasteiger partial charge is 0.245 e. The first-order valence-electron chi connectivity index (χ1n) is 11.9. The maximum Gasteiger partial charge on any atom is 0.245 e. The van der Waals surface area contributed by atoms with E-state index in [-0.39, 0.29) is 35.6 Å². The van der Waals surface area contributed by atoms with Gasteiger partial charge < -0.3 is 15.5 Å². The fraction of sp³-hybridized carbons (Fsp3) is 0.400. The Morgan fingerprint density at radius 3 is 2.36 bits per heavy atom. The zero-order valence-electron chi connectivity index (χ0n) is 20.2. The van der Waals surface area contributed by atoms with E-state index in [1.807, 2.05) is 6.07 Å². The summed E-state index contributed by atoms with van der Waals surface area (Å²) in [6.45, 7) is 3.99. The molecule has 2 aliphatic heterocycles. The number of benzene rings is 2. The van der Waals surface area contributed by atoms with Crippen LogP contribution in [0.25, 0.3) is 0 Å². The number of fused-ring (bicyclic) bond motifs is 1. The maximum atomic E-state index is 13.8. The van der Waals surface area contributed by atoms with Gasteiger partial charge in [-0.05, 0) is 61.2 Å². The first kappa shape index (κ1) is 26.3. The lowest BCUT2D eigenvalue weighted by molar-refractivity contribution is -0.121. The van der Waals surface area contributed by atoms with Crippen molar-refractivity contribution >= 4 is 60.7 Å². The van der Waals surface area contributed by atoms with Crippen molar-refractivity contribution in [3.63, 3.8) is 0 Å². The Hall–Kier alpha value is -2.76. The molecular weight excluding hydrogens is 548 g/mol. The van der Waals surface area contributed by atoms with Crippen molar-refractivity contribution < 1.29 is 22.8 Å². The quantitative estimate of drug-likeness (QED) is 0.543. The number of rotatable bonds is 6. The third-order valence-electron chi connectivity index (χ3n) is 6.44. The van der Waals surface area contributed by atoms with Crippen LogP contribution >= 0.6 is 15.9 Å². The fourth-order valence-corrected chi connectivity index (χ4v) is 7.15. The molecule has 2 aromatic rings. The Morgan fingerprint density at radius 2 is 1.72 bits per heavy atom. The fourth-order valence-electron chi connectivity index (χ4n) is 4.70. The second-order valence-corrected chi connectivity index (χ2v) is 11.8. The molecule has 1 saturated heterocycles. The van der Waals surface area contributed by atoms with Gasteiger partial charge in [0.2, 0.25) is 27.7 Å². The molecule has 0 saturated carbocycles. The van der Waals surface area contributed by atoms with Gasteiger partial charge in [-0.2, -0.15) is 4.31 Å². The summed E-state index contributed by atoms with van der Waals surface area (Å²) in [5, 5.41) is 5.52. The maximum absolute atomic E-state index is 13.8. The van der Waals surface area contributed by atoms with Gasteiger partial charge in [0.15, 0.2) is 0 Å². The van der Waals surface area contributed by atoms with Crippen molar-refractivity contribution in [1.29, 1.82) is 0 Å². The normalized spacial score (nSPS) is 18.0. The van der Waals surface area contributed by atoms with Crippen LogP contribution in [0.2, 0.25) is 0 Å². The zero-order chi connectivity index (χ0) is 26.0. The van der Waals surface area contributed by atoms with Crippen LogP contribution in [0, 0.1) is 5.92 Å². The van der Waals surface area contributed by atoms with E-state index in [9.17, 15) is 22.8 Å². The highest BCUT2D eigenvalue weighted by Gasteiger charge is 2.38. The molecule has 1 unspecified atom stereocenters. The molecule has 0 bridgehead atoms. The van der Waals surface area contributed by atoms with Crippen LogP contribution in [0.1, 0.15) is 38.7 Å². The van der Waals surface area contributed by atoms with E-state index in [1.54, 1.807) is 42.2 Å². The van der Waals surface area contributed by atoms with Gasteiger partial charge in [0, 0.05) is 48.8 Å². The Kier molecular flexibility index (Phi) is 7.82. The number of carbonyl (C=O) groups excluding carboxylic acids is 3. The molecule has 36 heavy (non-hydrogen) atoms. The SMILES string of the molecule is CCC(=O)N1CCc2cc(Br)cc(S(=O)(=O)N3CCCC(C(=O)Nc4ccc(NC(C)=O)cc4)C3)c21. The molecule has 192 valence electrons. The number of anilines is 3. The van der Waals surface area contributed by atoms with E-state index in [0.717, 1.165) is 5.56 Å². The topological polar surface area (TPSA) is 116 Å². The van der Waals surface area contributed by atoms with Crippen molar-refractivity contribution in [1.82, 2.24) is 4.31 Å². The highest BCUT2D eigenvalue weighted by Crippen LogP contribution is 2.40. The second kappa shape index (κ2) is 10.7. The molecule has 4 rings (SSSR count).